The molecule has 3 atom stereocenters. The SMILES string of the molecule is CC1(C)CCC(CN)C(C2CCCc3cccnc32)C1. The first-order chi connectivity index (χ1) is 9.61. The normalized spacial score (nSPS) is 32.6. The molecule has 0 spiro atoms. The second-order valence-electron chi connectivity index (χ2n) is 7.61. The van der Waals surface area contributed by atoms with E-state index >= 15 is 0 Å². The average molecular weight is 272 g/mol. The van der Waals surface area contributed by atoms with E-state index in [1.807, 2.05) is 6.20 Å². The van der Waals surface area contributed by atoms with E-state index in [0.717, 1.165) is 12.5 Å². The summed E-state index contributed by atoms with van der Waals surface area (Å²) < 4.78 is 0. The van der Waals surface area contributed by atoms with Crippen molar-refractivity contribution in [1.82, 2.24) is 4.98 Å². The summed E-state index contributed by atoms with van der Waals surface area (Å²) in [6.07, 6.45) is 9.75. The molecule has 0 amide bonds. The van der Waals surface area contributed by atoms with E-state index in [4.69, 9.17) is 10.7 Å². The van der Waals surface area contributed by atoms with Gasteiger partial charge in [-0.3, -0.25) is 4.98 Å². The number of pyridine rings is 1. The summed E-state index contributed by atoms with van der Waals surface area (Å²) in [5.74, 6) is 2.08. The van der Waals surface area contributed by atoms with E-state index in [-0.39, 0.29) is 0 Å². The monoisotopic (exact) mass is 272 g/mol. The van der Waals surface area contributed by atoms with Crippen LogP contribution in [0.15, 0.2) is 18.3 Å². The number of hydrogen-bond donors (Lipinski definition) is 1. The summed E-state index contributed by atoms with van der Waals surface area (Å²) in [5, 5.41) is 0. The van der Waals surface area contributed by atoms with E-state index < -0.39 is 0 Å². The van der Waals surface area contributed by atoms with Crippen LogP contribution in [0, 0.1) is 17.3 Å². The highest BCUT2D eigenvalue weighted by atomic mass is 14.7. The van der Waals surface area contributed by atoms with Crippen LogP contribution < -0.4 is 5.73 Å². The standard InChI is InChI=1S/C18H28N2/c1-18(2)9-8-14(12-19)16(11-18)15-7-3-5-13-6-4-10-20-17(13)15/h4,6,10,14-16H,3,5,7-9,11-12,19H2,1-2H3. The first kappa shape index (κ1) is 14.1. The number of nitrogens with two attached hydrogens (primary N) is 1. The highest BCUT2D eigenvalue weighted by Gasteiger charge is 2.40. The molecule has 0 radical (unpaired) electrons. The van der Waals surface area contributed by atoms with Gasteiger partial charge in [-0.25, -0.2) is 0 Å². The lowest BCUT2D eigenvalue weighted by atomic mass is 9.61. The molecule has 0 aliphatic heterocycles. The lowest BCUT2D eigenvalue weighted by Crippen LogP contribution is -2.38. The lowest BCUT2D eigenvalue weighted by molar-refractivity contribution is 0.0948. The van der Waals surface area contributed by atoms with Crippen molar-refractivity contribution in [3.8, 4) is 0 Å². The smallest absolute Gasteiger partial charge is 0.0469 e. The summed E-state index contributed by atoms with van der Waals surface area (Å²) in [5.41, 5.74) is 9.44. The Morgan fingerprint density at radius 1 is 1.35 bits per heavy atom. The Labute approximate surface area is 123 Å². The molecule has 2 aliphatic rings. The van der Waals surface area contributed by atoms with Crippen molar-refractivity contribution in [2.24, 2.45) is 23.0 Å². The zero-order valence-electron chi connectivity index (χ0n) is 12.9. The summed E-state index contributed by atoms with van der Waals surface area (Å²) in [4.78, 5) is 4.75. The third-order valence-electron chi connectivity index (χ3n) is 5.64. The van der Waals surface area contributed by atoms with E-state index in [2.05, 4.69) is 26.0 Å². The maximum Gasteiger partial charge on any atom is 0.0469 e. The van der Waals surface area contributed by atoms with Crippen LogP contribution in [-0.2, 0) is 6.42 Å². The Bertz CT molecular complexity index is 466. The number of hydrogen-bond acceptors (Lipinski definition) is 2. The van der Waals surface area contributed by atoms with Crippen LogP contribution in [-0.4, -0.2) is 11.5 Å². The molecule has 1 aromatic rings. The third-order valence-corrected chi connectivity index (χ3v) is 5.64. The first-order valence-electron chi connectivity index (χ1n) is 8.24. The van der Waals surface area contributed by atoms with Gasteiger partial charge < -0.3 is 5.73 Å². The van der Waals surface area contributed by atoms with Gasteiger partial charge in [0.15, 0.2) is 0 Å². The highest BCUT2D eigenvalue weighted by Crippen LogP contribution is 2.49. The van der Waals surface area contributed by atoms with Gasteiger partial charge in [0.1, 0.15) is 0 Å². The summed E-state index contributed by atoms with van der Waals surface area (Å²) in [7, 11) is 0. The van der Waals surface area contributed by atoms with E-state index in [1.165, 1.54) is 49.8 Å². The second-order valence-corrected chi connectivity index (χ2v) is 7.61. The van der Waals surface area contributed by atoms with Gasteiger partial charge in [-0.1, -0.05) is 19.9 Å². The molecular weight excluding hydrogens is 244 g/mol. The van der Waals surface area contributed by atoms with Crippen molar-refractivity contribution in [3.63, 3.8) is 0 Å². The van der Waals surface area contributed by atoms with Crippen molar-refractivity contribution in [3.05, 3.63) is 29.6 Å². The number of fused-ring (bicyclic) bond motifs is 1. The van der Waals surface area contributed by atoms with Gasteiger partial charge in [0.05, 0.1) is 0 Å². The lowest BCUT2D eigenvalue weighted by Gasteiger charge is -2.45. The maximum atomic E-state index is 6.09. The average Bonchev–Trinajstić information content (AvgIpc) is 2.46. The van der Waals surface area contributed by atoms with Crippen molar-refractivity contribution >= 4 is 0 Å². The minimum absolute atomic E-state index is 0.475. The van der Waals surface area contributed by atoms with Crippen LogP contribution in [0.2, 0.25) is 0 Å². The predicted octanol–water partition coefficient (Wildman–Crippen LogP) is 3.90. The zero-order chi connectivity index (χ0) is 14.2. The fraction of sp³-hybridized carbons (Fsp3) is 0.722. The summed E-state index contributed by atoms with van der Waals surface area (Å²) in [6.45, 7) is 5.70. The fourth-order valence-electron chi connectivity index (χ4n) is 4.52. The quantitative estimate of drug-likeness (QED) is 0.886. The van der Waals surface area contributed by atoms with Gasteiger partial charge in [-0.2, -0.15) is 0 Å². The zero-order valence-corrected chi connectivity index (χ0v) is 12.9. The molecule has 1 aromatic heterocycles. The fourth-order valence-corrected chi connectivity index (χ4v) is 4.52. The molecule has 3 unspecified atom stereocenters. The molecule has 2 aliphatic carbocycles. The molecule has 1 saturated carbocycles. The summed E-state index contributed by atoms with van der Waals surface area (Å²) >= 11 is 0. The van der Waals surface area contributed by atoms with Gasteiger partial charge in [-0.15, -0.1) is 0 Å². The summed E-state index contributed by atoms with van der Waals surface area (Å²) in [6, 6.07) is 4.37. The van der Waals surface area contributed by atoms with Crippen molar-refractivity contribution in [1.29, 1.82) is 0 Å². The van der Waals surface area contributed by atoms with Crippen LogP contribution >= 0.6 is 0 Å². The second kappa shape index (κ2) is 5.48. The Balaban J connectivity index is 1.91. The number of rotatable bonds is 2. The molecule has 0 saturated heterocycles. The van der Waals surface area contributed by atoms with Crippen LogP contribution in [0.25, 0.3) is 0 Å². The Kier molecular flexibility index (Phi) is 3.85. The third kappa shape index (κ3) is 2.63. The van der Waals surface area contributed by atoms with Crippen molar-refractivity contribution in [2.75, 3.05) is 6.54 Å². The largest absolute Gasteiger partial charge is 0.330 e. The molecule has 110 valence electrons. The van der Waals surface area contributed by atoms with Crippen LogP contribution in [0.1, 0.15) is 63.1 Å². The predicted molar refractivity (Wildman–Crippen MR) is 83.6 cm³/mol. The van der Waals surface area contributed by atoms with E-state index in [9.17, 15) is 0 Å². The molecular formula is C18H28N2. The van der Waals surface area contributed by atoms with Gasteiger partial charge in [0.2, 0.25) is 0 Å². The van der Waals surface area contributed by atoms with Gasteiger partial charge in [-0.05, 0) is 74.0 Å². The molecule has 2 heteroatoms. The van der Waals surface area contributed by atoms with Crippen molar-refractivity contribution < 1.29 is 0 Å². The minimum Gasteiger partial charge on any atom is -0.330 e. The maximum absolute atomic E-state index is 6.09. The molecule has 2 N–H and O–H groups in total. The number of aryl methyl sites for hydroxylation is 1. The number of nitrogens with zero attached hydrogens (tertiary/aromatic N) is 1. The molecule has 2 nitrogen and oxygen atoms in total. The molecule has 3 rings (SSSR count). The molecule has 0 bridgehead atoms. The van der Waals surface area contributed by atoms with Gasteiger partial charge >= 0.3 is 0 Å². The molecule has 1 fully saturated rings. The van der Waals surface area contributed by atoms with Gasteiger partial charge in [0, 0.05) is 17.8 Å². The van der Waals surface area contributed by atoms with E-state index in [0.29, 0.717) is 17.3 Å². The van der Waals surface area contributed by atoms with Crippen LogP contribution in [0.5, 0.6) is 0 Å². The van der Waals surface area contributed by atoms with Crippen molar-refractivity contribution in [2.45, 2.75) is 58.3 Å². The minimum atomic E-state index is 0.475. The molecule has 20 heavy (non-hydrogen) atoms. The highest BCUT2D eigenvalue weighted by molar-refractivity contribution is 5.27. The van der Waals surface area contributed by atoms with Gasteiger partial charge in [0.25, 0.3) is 0 Å². The Hall–Kier alpha value is -0.890. The topological polar surface area (TPSA) is 38.9 Å². The molecule has 0 aromatic carbocycles. The number of aromatic nitrogens is 1. The molecule has 1 heterocycles. The van der Waals surface area contributed by atoms with Crippen LogP contribution in [0.3, 0.4) is 0 Å². The van der Waals surface area contributed by atoms with E-state index in [1.54, 1.807) is 0 Å². The Morgan fingerprint density at radius 2 is 2.20 bits per heavy atom. The first-order valence-corrected chi connectivity index (χ1v) is 8.24. The van der Waals surface area contributed by atoms with Crippen LogP contribution in [0.4, 0.5) is 0 Å². The Morgan fingerprint density at radius 3 is 3.00 bits per heavy atom.